The van der Waals surface area contributed by atoms with Crippen LogP contribution in [0.1, 0.15) is 12.8 Å². The largest absolute Gasteiger partial charge is 0.479 e. The quantitative estimate of drug-likeness (QED) is 0.880. The summed E-state index contributed by atoms with van der Waals surface area (Å²) in [4.78, 5) is 26.3. The molecule has 2 rings (SSSR count). The van der Waals surface area contributed by atoms with Gasteiger partial charge >= 0.3 is 5.97 Å². The van der Waals surface area contributed by atoms with Crippen molar-refractivity contribution in [2.75, 3.05) is 5.32 Å². The molecule has 92 valence electrons. The van der Waals surface area contributed by atoms with Crippen LogP contribution in [0.3, 0.4) is 0 Å². The summed E-state index contributed by atoms with van der Waals surface area (Å²) in [6.45, 7) is 0. The number of carbonyl (C=O) groups excluding carboxylic acids is 1. The Bertz CT molecular complexity index is 450. The molecule has 1 amide bonds. The normalized spacial score (nSPS) is 23.6. The Balaban J connectivity index is 1.91. The second-order valence-corrected chi connectivity index (χ2v) is 5.90. The van der Waals surface area contributed by atoms with E-state index in [1.54, 1.807) is 6.20 Å². The van der Waals surface area contributed by atoms with Gasteiger partial charge in [-0.1, -0.05) is 11.3 Å². The van der Waals surface area contributed by atoms with Crippen LogP contribution in [0, 0.1) is 0 Å². The van der Waals surface area contributed by atoms with E-state index in [4.69, 9.17) is 9.84 Å². The first-order valence-corrected chi connectivity index (χ1v) is 6.47. The van der Waals surface area contributed by atoms with E-state index < -0.39 is 18.2 Å². The number of nitrogens with one attached hydrogen (secondary N) is 1. The van der Waals surface area contributed by atoms with Crippen LogP contribution in [0.15, 0.2) is 9.98 Å². The van der Waals surface area contributed by atoms with Crippen LogP contribution < -0.4 is 5.32 Å². The zero-order valence-corrected chi connectivity index (χ0v) is 11.0. The summed E-state index contributed by atoms with van der Waals surface area (Å²) in [6, 6.07) is 0. The Morgan fingerprint density at radius 2 is 2.24 bits per heavy atom. The number of hydrogen-bond donors (Lipinski definition) is 2. The van der Waals surface area contributed by atoms with E-state index in [0.29, 0.717) is 18.0 Å². The van der Waals surface area contributed by atoms with Gasteiger partial charge in [0.1, 0.15) is 6.10 Å². The number of carboxylic acids is 1. The maximum atomic E-state index is 11.7. The van der Waals surface area contributed by atoms with Crippen molar-refractivity contribution in [3.05, 3.63) is 9.98 Å². The second-order valence-electron chi connectivity index (χ2n) is 3.49. The number of aromatic nitrogens is 1. The lowest BCUT2D eigenvalue weighted by Gasteiger charge is -2.09. The summed E-state index contributed by atoms with van der Waals surface area (Å²) in [5, 5.41) is 11.8. The van der Waals surface area contributed by atoms with Gasteiger partial charge in [-0.2, -0.15) is 0 Å². The SMILES string of the molecule is O=C(Nc1ncc(Br)s1)[C@@H]1CC[C@H](C(=O)O)O1. The van der Waals surface area contributed by atoms with E-state index in [0.717, 1.165) is 3.79 Å². The van der Waals surface area contributed by atoms with E-state index in [2.05, 4.69) is 26.2 Å². The van der Waals surface area contributed by atoms with Crippen LogP contribution in [0.4, 0.5) is 5.13 Å². The monoisotopic (exact) mass is 320 g/mol. The maximum Gasteiger partial charge on any atom is 0.332 e. The minimum atomic E-state index is -1.03. The third-order valence-corrected chi connectivity index (χ3v) is 3.69. The highest BCUT2D eigenvalue weighted by Gasteiger charge is 2.34. The Hall–Kier alpha value is -0.990. The molecule has 1 aromatic heterocycles. The van der Waals surface area contributed by atoms with Crippen LogP contribution in [0.2, 0.25) is 0 Å². The van der Waals surface area contributed by atoms with Gasteiger partial charge in [0.05, 0.1) is 9.98 Å². The van der Waals surface area contributed by atoms with Crippen molar-refractivity contribution in [2.24, 2.45) is 0 Å². The van der Waals surface area contributed by atoms with Gasteiger partial charge in [0, 0.05) is 0 Å². The van der Waals surface area contributed by atoms with Crippen molar-refractivity contribution >= 4 is 44.3 Å². The van der Waals surface area contributed by atoms with Crippen molar-refractivity contribution in [3.63, 3.8) is 0 Å². The predicted octanol–water partition coefficient (Wildman–Crippen LogP) is 1.48. The van der Waals surface area contributed by atoms with Gasteiger partial charge in [-0.15, -0.1) is 0 Å². The highest BCUT2D eigenvalue weighted by atomic mass is 79.9. The first-order chi connectivity index (χ1) is 8.06. The Labute approximate surface area is 109 Å². The number of hydrogen-bond acceptors (Lipinski definition) is 5. The molecule has 0 saturated carbocycles. The molecule has 2 heterocycles. The number of halogens is 1. The number of anilines is 1. The fraction of sp³-hybridized carbons (Fsp3) is 0.444. The smallest absolute Gasteiger partial charge is 0.332 e. The van der Waals surface area contributed by atoms with Gasteiger partial charge < -0.3 is 9.84 Å². The van der Waals surface area contributed by atoms with Gasteiger partial charge in [0.15, 0.2) is 11.2 Å². The van der Waals surface area contributed by atoms with Crippen molar-refractivity contribution in [1.82, 2.24) is 4.98 Å². The molecule has 1 aliphatic heterocycles. The number of carboxylic acid groups (broad SMARTS) is 1. The van der Waals surface area contributed by atoms with Crippen LogP contribution >= 0.6 is 27.3 Å². The van der Waals surface area contributed by atoms with Gasteiger partial charge in [-0.25, -0.2) is 9.78 Å². The number of amides is 1. The first kappa shape index (κ1) is 12.5. The van der Waals surface area contributed by atoms with E-state index in [1.807, 2.05) is 0 Å². The lowest BCUT2D eigenvalue weighted by molar-refractivity contribution is -0.150. The maximum absolute atomic E-state index is 11.7. The standard InChI is InChI=1S/C9H9BrN2O4S/c10-6-3-11-9(17-6)12-7(13)4-1-2-5(16-4)8(14)15/h3-5H,1-2H2,(H,14,15)(H,11,12,13)/t4-,5+/m0/s1. The number of rotatable bonds is 3. The highest BCUT2D eigenvalue weighted by Crippen LogP contribution is 2.25. The average molecular weight is 321 g/mol. The Morgan fingerprint density at radius 3 is 2.76 bits per heavy atom. The summed E-state index contributed by atoms with van der Waals surface area (Å²) in [7, 11) is 0. The number of thiazole rings is 1. The Kier molecular flexibility index (Phi) is 3.75. The molecule has 1 aromatic rings. The van der Waals surface area contributed by atoms with Crippen molar-refractivity contribution in [1.29, 1.82) is 0 Å². The van der Waals surface area contributed by atoms with E-state index in [9.17, 15) is 9.59 Å². The molecular formula is C9H9BrN2O4S. The molecule has 0 aromatic carbocycles. The molecular weight excluding hydrogens is 312 g/mol. The lowest BCUT2D eigenvalue weighted by atomic mass is 10.2. The van der Waals surface area contributed by atoms with Crippen molar-refractivity contribution in [3.8, 4) is 0 Å². The summed E-state index contributed by atoms with van der Waals surface area (Å²) in [5.41, 5.74) is 0. The molecule has 2 N–H and O–H groups in total. The third kappa shape index (κ3) is 3.02. The number of aliphatic carboxylic acids is 1. The molecule has 6 nitrogen and oxygen atoms in total. The summed E-state index contributed by atoms with van der Waals surface area (Å²) in [5.74, 6) is -1.38. The molecule has 1 fully saturated rings. The third-order valence-electron chi connectivity index (χ3n) is 2.30. The molecule has 17 heavy (non-hydrogen) atoms. The average Bonchev–Trinajstić information content (AvgIpc) is 2.86. The summed E-state index contributed by atoms with van der Waals surface area (Å²) in [6.07, 6.45) is 0.757. The van der Waals surface area contributed by atoms with Crippen molar-refractivity contribution < 1.29 is 19.4 Å². The van der Waals surface area contributed by atoms with Gasteiger partial charge in [0.25, 0.3) is 5.91 Å². The fourth-order valence-electron chi connectivity index (χ4n) is 1.51. The molecule has 0 unspecified atom stereocenters. The molecule has 8 heteroatoms. The first-order valence-electron chi connectivity index (χ1n) is 4.86. The topological polar surface area (TPSA) is 88.5 Å². The van der Waals surface area contributed by atoms with Gasteiger partial charge in [0.2, 0.25) is 0 Å². The molecule has 0 bridgehead atoms. The molecule has 0 radical (unpaired) electrons. The number of ether oxygens (including phenoxy) is 1. The molecule has 0 spiro atoms. The zero-order chi connectivity index (χ0) is 12.4. The lowest BCUT2D eigenvalue weighted by Crippen LogP contribution is -2.29. The summed E-state index contributed by atoms with van der Waals surface area (Å²) < 4.78 is 5.93. The van der Waals surface area contributed by atoms with Gasteiger partial charge in [-0.3, -0.25) is 10.1 Å². The van der Waals surface area contributed by atoms with E-state index in [-0.39, 0.29) is 5.91 Å². The minimum Gasteiger partial charge on any atom is -0.479 e. The Morgan fingerprint density at radius 1 is 1.53 bits per heavy atom. The second kappa shape index (κ2) is 5.11. The summed E-state index contributed by atoms with van der Waals surface area (Å²) >= 11 is 4.51. The molecule has 1 saturated heterocycles. The van der Waals surface area contributed by atoms with Crippen LogP contribution in [0.5, 0.6) is 0 Å². The van der Waals surface area contributed by atoms with Crippen molar-refractivity contribution in [2.45, 2.75) is 25.0 Å². The highest BCUT2D eigenvalue weighted by molar-refractivity contribution is 9.11. The molecule has 0 aliphatic carbocycles. The van der Waals surface area contributed by atoms with Gasteiger partial charge in [-0.05, 0) is 28.8 Å². The minimum absolute atomic E-state index is 0.351. The molecule has 1 aliphatic rings. The number of carbonyl (C=O) groups is 2. The van der Waals surface area contributed by atoms with Crippen LogP contribution in [-0.2, 0) is 14.3 Å². The molecule has 2 atom stereocenters. The predicted molar refractivity (Wildman–Crippen MR) is 64.0 cm³/mol. The fourth-order valence-corrected chi connectivity index (χ4v) is 2.62. The van der Waals surface area contributed by atoms with Crippen LogP contribution in [0.25, 0.3) is 0 Å². The zero-order valence-electron chi connectivity index (χ0n) is 8.55. The van der Waals surface area contributed by atoms with Crippen LogP contribution in [-0.4, -0.2) is 34.2 Å². The van der Waals surface area contributed by atoms with E-state index in [1.165, 1.54) is 11.3 Å². The van der Waals surface area contributed by atoms with E-state index >= 15 is 0 Å². The number of nitrogens with zero attached hydrogens (tertiary/aromatic N) is 1.